The summed E-state index contributed by atoms with van der Waals surface area (Å²) in [6.45, 7) is 7.87. The van der Waals surface area contributed by atoms with Gasteiger partial charge in [-0.3, -0.25) is 19.2 Å². The van der Waals surface area contributed by atoms with Gasteiger partial charge in [0, 0.05) is 17.3 Å². The third-order valence-electron chi connectivity index (χ3n) is 5.95. The Bertz CT molecular complexity index is 1310. The summed E-state index contributed by atoms with van der Waals surface area (Å²) in [5, 5.41) is 7.33. The van der Waals surface area contributed by atoms with Crippen LogP contribution >= 0.6 is 0 Å². The first-order chi connectivity index (χ1) is 16.7. The highest BCUT2D eigenvalue weighted by atomic mass is 16.5. The van der Waals surface area contributed by atoms with E-state index in [-0.39, 0.29) is 12.5 Å². The molecule has 0 saturated heterocycles. The number of esters is 1. The average molecular weight is 473 g/mol. The van der Waals surface area contributed by atoms with E-state index >= 15 is 0 Å². The zero-order valence-electron chi connectivity index (χ0n) is 20.2. The Labute approximate surface area is 204 Å². The Kier molecular flexibility index (Phi) is 6.82. The lowest BCUT2D eigenvalue weighted by Crippen LogP contribution is -2.46. The predicted molar refractivity (Wildman–Crippen MR) is 134 cm³/mol. The number of hydrogen-bond donors (Lipinski definition) is 1. The van der Waals surface area contributed by atoms with E-state index in [0.717, 1.165) is 22.5 Å². The van der Waals surface area contributed by atoms with E-state index in [2.05, 4.69) is 34.7 Å². The summed E-state index contributed by atoms with van der Waals surface area (Å²) in [7, 11) is 0. The van der Waals surface area contributed by atoms with Crippen LogP contribution in [0, 0.1) is 20.8 Å². The van der Waals surface area contributed by atoms with Gasteiger partial charge < -0.3 is 10.1 Å². The number of aryl methyl sites for hydroxylation is 2. The number of fused-ring (bicyclic) bond motifs is 1. The summed E-state index contributed by atoms with van der Waals surface area (Å²) in [4.78, 5) is 38.8. The smallest absolute Gasteiger partial charge is 0.331 e. The summed E-state index contributed by atoms with van der Waals surface area (Å²) in [6, 6.07) is 15.3. The molecule has 1 N–H and O–H groups in total. The molecule has 1 atom stereocenters. The molecular weight excluding hydrogens is 444 g/mol. The largest absolute Gasteiger partial charge is 0.449 e. The molecule has 0 aliphatic carbocycles. The molecule has 8 heteroatoms. The number of carbonyl (C=O) groups is 3. The second-order valence-electron chi connectivity index (χ2n) is 8.63. The second-order valence-corrected chi connectivity index (χ2v) is 8.63. The van der Waals surface area contributed by atoms with Gasteiger partial charge in [0.2, 0.25) is 5.91 Å². The molecule has 1 aliphatic heterocycles. The lowest BCUT2D eigenvalue weighted by molar-refractivity contribution is -0.149. The standard InChI is InChI=1S/C27H28N4O4/c1-17-9-11-21(12-10-17)15-31-19(3)22(18(2)29-31)13-14-26(33)35-20(4)27(34)30-16-25(32)28-23-7-5-6-8-24(23)30/h5-14,20H,15-16H2,1-4H3,(H,28,32)/b14-13+. The molecule has 8 nitrogen and oxygen atoms in total. The fourth-order valence-electron chi connectivity index (χ4n) is 4.04. The Morgan fingerprint density at radius 1 is 1.11 bits per heavy atom. The van der Waals surface area contributed by atoms with E-state index in [1.807, 2.05) is 25.5 Å². The molecule has 2 heterocycles. The summed E-state index contributed by atoms with van der Waals surface area (Å²) in [5.74, 6) is -1.41. The third-order valence-corrected chi connectivity index (χ3v) is 5.95. The van der Waals surface area contributed by atoms with Gasteiger partial charge in [0.15, 0.2) is 6.10 Å². The van der Waals surface area contributed by atoms with Crippen LogP contribution in [0.4, 0.5) is 11.4 Å². The number of benzene rings is 2. The number of hydrogen-bond acceptors (Lipinski definition) is 5. The van der Waals surface area contributed by atoms with Crippen LogP contribution in [-0.2, 0) is 25.7 Å². The molecule has 1 aromatic heterocycles. The van der Waals surface area contributed by atoms with Crippen LogP contribution in [0.3, 0.4) is 0 Å². The molecule has 0 saturated carbocycles. The molecular formula is C27H28N4O4. The van der Waals surface area contributed by atoms with E-state index < -0.39 is 18.0 Å². The Morgan fingerprint density at radius 2 is 1.83 bits per heavy atom. The number of aromatic nitrogens is 2. The Balaban J connectivity index is 1.42. The van der Waals surface area contributed by atoms with Crippen molar-refractivity contribution in [3.63, 3.8) is 0 Å². The third kappa shape index (κ3) is 5.32. The summed E-state index contributed by atoms with van der Waals surface area (Å²) in [5.41, 5.74) is 5.99. The van der Waals surface area contributed by atoms with Crippen molar-refractivity contribution in [2.24, 2.45) is 0 Å². The highest BCUT2D eigenvalue weighted by Gasteiger charge is 2.31. The SMILES string of the molecule is Cc1ccc(Cn2nc(C)c(/C=C/C(=O)OC(C)C(=O)N3CC(=O)Nc4ccccc43)c2C)cc1. The van der Waals surface area contributed by atoms with Crippen molar-refractivity contribution in [3.05, 3.63) is 82.7 Å². The van der Waals surface area contributed by atoms with E-state index in [9.17, 15) is 14.4 Å². The van der Waals surface area contributed by atoms with E-state index in [1.165, 1.54) is 23.5 Å². The van der Waals surface area contributed by atoms with Crippen molar-refractivity contribution in [3.8, 4) is 0 Å². The summed E-state index contributed by atoms with van der Waals surface area (Å²) < 4.78 is 7.25. The number of rotatable bonds is 6. The maximum absolute atomic E-state index is 13.0. The molecule has 0 spiro atoms. The van der Waals surface area contributed by atoms with E-state index in [4.69, 9.17) is 4.74 Å². The van der Waals surface area contributed by atoms with Crippen LogP contribution in [-0.4, -0.2) is 40.2 Å². The first kappa shape index (κ1) is 23.9. The average Bonchev–Trinajstić information content (AvgIpc) is 3.10. The van der Waals surface area contributed by atoms with Crippen LogP contribution in [0.2, 0.25) is 0 Å². The molecule has 2 amide bonds. The van der Waals surface area contributed by atoms with Crippen molar-refractivity contribution in [2.75, 3.05) is 16.8 Å². The highest BCUT2D eigenvalue weighted by molar-refractivity contribution is 6.11. The first-order valence-electron chi connectivity index (χ1n) is 11.4. The van der Waals surface area contributed by atoms with Crippen LogP contribution in [0.5, 0.6) is 0 Å². The molecule has 2 aromatic carbocycles. The van der Waals surface area contributed by atoms with E-state index in [1.54, 1.807) is 30.3 Å². The van der Waals surface area contributed by atoms with Crippen LogP contribution in [0.15, 0.2) is 54.6 Å². The fourth-order valence-corrected chi connectivity index (χ4v) is 4.04. The van der Waals surface area contributed by atoms with Gasteiger partial charge in [-0.1, -0.05) is 42.0 Å². The number of para-hydroxylation sites is 2. The minimum atomic E-state index is -1.06. The minimum Gasteiger partial charge on any atom is -0.449 e. The number of carbonyl (C=O) groups excluding carboxylic acids is 3. The van der Waals surface area contributed by atoms with Gasteiger partial charge in [-0.25, -0.2) is 4.79 Å². The minimum absolute atomic E-state index is 0.133. The maximum atomic E-state index is 13.0. The second kappa shape index (κ2) is 9.97. The Hall–Kier alpha value is -4.20. The van der Waals surface area contributed by atoms with Crippen molar-refractivity contribution in [1.29, 1.82) is 0 Å². The van der Waals surface area contributed by atoms with Crippen LogP contribution in [0.1, 0.15) is 35.0 Å². The molecule has 1 unspecified atom stereocenters. The lowest BCUT2D eigenvalue weighted by Gasteiger charge is -2.30. The van der Waals surface area contributed by atoms with Crippen molar-refractivity contribution >= 4 is 35.2 Å². The van der Waals surface area contributed by atoms with Gasteiger partial charge in [-0.05, 0) is 51.5 Å². The first-order valence-corrected chi connectivity index (χ1v) is 11.4. The van der Waals surface area contributed by atoms with Gasteiger partial charge in [0.25, 0.3) is 5.91 Å². The monoisotopic (exact) mass is 472 g/mol. The molecule has 1 aliphatic rings. The molecule has 3 aromatic rings. The number of nitrogens with zero attached hydrogens (tertiary/aromatic N) is 3. The summed E-state index contributed by atoms with van der Waals surface area (Å²) >= 11 is 0. The fraction of sp³-hybridized carbons (Fsp3) is 0.259. The molecule has 0 fully saturated rings. The Morgan fingerprint density at radius 3 is 2.57 bits per heavy atom. The molecule has 35 heavy (non-hydrogen) atoms. The topological polar surface area (TPSA) is 93.5 Å². The number of anilines is 2. The normalized spacial score (nSPS) is 13.9. The van der Waals surface area contributed by atoms with Crippen LogP contribution in [0.25, 0.3) is 6.08 Å². The molecule has 0 bridgehead atoms. The van der Waals surface area contributed by atoms with Crippen molar-refractivity contribution in [2.45, 2.75) is 40.3 Å². The van der Waals surface area contributed by atoms with Crippen LogP contribution < -0.4 is 10.2 Å². The number of nitrogens with one attached hydrogen (secondary N) is 1. The zero-order valence-corrected chi connectivity index (χ0v) is 20.2. The predicted octanol–water partition coefficient (Wildman–Crippen LogP) is 3.79. The maximum Gasteiger partial charge on any atom is 0.331 e. The van der Waals surface area contributed by atoms with Gasteiger partial charge in [-0.15, -0.1) is 0 Å². The number of ether oxygens (including phenoxy) is 1. The van der Waals surface area contributed by atoms with Gasteiger partial charge >= 0.3 is 5.97 Å². The lowest BCUT2D eigenvalue weighted by atomic mass is 10.1. The number of amides is 2. The quantitative estimate of drug-likeness (QED) is 0.435. The molecule has 0 radical (unpaired) electrons. The zero-order chi connectivity index (χ0) is 25.1. The van der Waals surface area contributed by atoms with Gasteiger partial charge in [0.05, 0.1) is 23.6 Å². The van der Waals surface area contributed by atoms with Crippen molar-refractivity contribution in [1.82, 2.24) is 9.78 Å². The van der Waals surface area contributed by atoms with Gasteiger partial charge in [-0.2, -0.15) is 5.10 Å². The molecule has 180 valence electrons. The highest BCUT2D eigenvalue weighted by Crippen LogP contribution is 2.29. The summed E-state index contributed by atoms with van der Waals surface area (Å²) in [6.07, 6.45) is 1.90. The molecule has 4 rings (SSSR count). The van der Waals surface area contributed by atoms with Crippen molar-refractivity contribution < 1.29 is 19.1 Å². The van der Waals surface area contributed by atoms with Gasteiger partial charge in [0.1, 0.15) is 6.54 Å². The van der Waals surface area contributed by atoms with E-state index in [0.29, 0.717) is 17.9 Å².